The minimum atomic E-state index is -0.445. The highest BCUT2D eigenvalue weighted by molar-refractivity contribution is 5.28. The molecule has 1 atom stereocenters. The number of piperazine rings is 1. The van der Waals surface area contributed by atoms with Crippen molar-refractivity contribution in [3.05, 3.63) is 29.8 Å². The lowest BCUT2D eigenvalue weighted by molar-refractivity contribution is 0.0142. The first-order valence-electron chi connectivity index (χ1n) is 7.77. The largest absolute Gasteiger partial charge is 0.494 e. The zero-order chi connectivity index (χ0) is 15.5. The second-order valence-corrected chi connectivity index (χ2v) is 6.49. The predicted octanol–water partition coefficient (Wildman–Crippen LogP) is 2.14. The topological polar surface area (TPSA) is 35.9 Å². The van der Waals surface area contributed by atoms with Gasteiger partial charge in [-0.25, -0.2) is 0 Å². The van der Waals surface area contributed by atoms with Crippen LogP contribution in [0.1, 0.15) is 32.4 Å². The summed E-state index contributed by atoms with van der Waals surface area (Å²) in [6.45, 7) is 10.9. The molecule has 0 spiro atoms. The van der Waals surface area contributed by atoms with Crippen molar-refractivity contribution < 1.29 is 9.84 Å². The third kappa shape index (κ3) is 4.19. The number of benzene rings is 1. The van der Waals surface area contributed by atoms with Crippen LogP contribution in [0.5, 0.6) is 5.75 Å². The Balaban J connectivity index is 1.93. The molecule has 0 amide bonds. The first-order chi connectivity index (χ1) is 9.92. The number of likely N-dealkylation sites (N-methyl/N-ethyl adjacent to an activating group) is 1. The molecule has 1 aromatic carbocycles. The molecule has 1 heterocycles. The second-order valence-electron chi connectivity index (χ2n) is 6.49. The van der Waals surface area contributed by atoms with E-state index in [-0.39, 0.29) is 5.54 Å². The Morgan fingerprint density at radius 2 is 1.90 bits per heavy atom. The Kier molecular flexibility index (Phi) is 5.25. The van der Waals surface area contributed by atoms with E-state index in [2.05, 4.69) is 30.7 Å². The van der Waals surface area contributed by atoms with Gasteiger partial charge in [-0.1, -0.05) is 12.1 Å². The van der Waals surface area contributed by atoms with Crippen molar-refractivity contribution >= 4 is 0 Å². The van der Waals surface area contributed by atoms with Gasteiger partial charge in [0.25, 0.3) is 0 Å². The van der Waals surface area contributed by atoms with Crippen molar-refractivity contribution in [3.63, 3.8) is 0 Å². The first-order valence-corrected chi connectivity index (χ1v) is 7.77. The second kappa shape index (κ2) is 6.77. The van der Waals surface area contributed by atoms with Crippen LogP contribution in [-0.2, 0) is 0 Å². The SMILES string of the molecule is CCOc1ccc(C(O)CN2CCN(C)C(C)(C)C2)cc1. The van der Waals surface area contributed by atoms with Crippen molar-refractivity contribution in [3.8, 4) is 5.75 Å². The molecule has 118 valence electrons. The molecule has 1 unspecified atom stereocenters. The highest BCUT2D eigenvalue weighted by Crippen LogP contribution is 2.23. The summed E-state index contributed by atoms with van der Waals surface area (Å²) in [5, 5.41) is 10.4. The van der Waals surface area contributed by atoms with Crippen LogP contribution in [0.2, 0.25) is 0 Å². The molecule has 2 rings (SSSR count). The quantitative estimate of drug-likeness (QED) is 0.902. The van der Waals surface area contributed by atoms with E-state index in [1.165, 1.54) is 0 Å². The van der Waals surface area contributed by atoms with E-state index in [1.807, 2.05) is 31.2 Å². The summed E-state index contributed by atoms with van der Waals surface area (Å²) in [5.74, 6) is 0.856. The molecule has 0 radical (unpaired) electrons. The number of aliphatic hydroxyl groups is 1. The molecule has 4 heteroatoms. The van der Waals surface area contributed by atoms with Crippen molar-refractivity contribution in [2.45, 2.75) is 32.4 Å². The smallest absolute Gasteiger partial charge is 0.119 e. The highest BCUT2D eigenvalue weighted by atomic mass is 16.5. The number of rotatable bonds is 5. The Morgan fingerprint density at radius 3 is 2.48 bits per heavy atom. The van der Waals surface area contributed by atoms with Crippen LogP contribution in [0.3, 0.4) is 0 Å². The Bertz CT molecular complexity index is 445. The summed E-state index contributed by atoms with van der Waals surface area (Å²) in [4.78, 5) is 4.73. The lowest BCUT2D eigenvalue weighted by Crippen LogP contribution is -2.58. The average molecular weight is 292 g/mol. The molecule has 0 aromatic heterocycles. The summed E-state index contributed by atoms with van der Waals surface area (Å²) >= 11 is 0. The molecular weight excluding hydrogens is 264 g/mol. The van der Waals surface area contributed by atoms with Crippen LogP contribution in [0.15, 0.2) is 24.3 Å². The van der Waals surface area contributed by atoms with Gasteiger partial charge in [-0.3, -0.25) is 9.80 Å². The third-order valence-corrected chi connectivity index (χ3v) is 4.40. The van der Waals surface area contributed by atoms with Gasteiger partial charge in [0.1, 0.15) is 5.75 Å². The third-order valence-electron chi connectivity index (χ3n) is 4.40. The van der Waals surface area contributed by atoms with Crippen LogP contribution < -0.4 is 4.74 Å². The van der Waals surface area contributed by atoms with Crippen LogP contribution in [0.4, 0.5) is 0 Å². The van der Waals surface area contributed by atoms with Gasteiger partial charge in [-0.2, -0.15) is 0 Å². The molecule has 1 aliphatic rings. The fourth-order valence-corrected chi connectivity index (χ4v) is 2.80. The predicted molar refractivity (Wildman–Crippen MR) is 85.7 cm³/mol. The van der Waals surface area contributed by atoms with Gasteiger partial charge >= 0.3 is 0 Å². The summed E-state index contributed by atoms with van der Waals surface area (Å²) < 4.78 is 5.43. The lowest BCUT2D eigenvalue weighted by atomic mass is 9.99. The number of nitrogens with zero attached hydrogens (tertiary/aromatic N) is 2. The van der Waals surface area contributed by atoms with E-state index in [0.717, 1.165) is 30.9 Å². The summed E-state index contributed by atoms with van der Waals surface area (Å²) in [6, 6.07) is 7.76. The number of aliphatic hydroxyl groups excluding tert-OH is 1. The molecule has 1 aliphatic heterocycles. The first kappa shape index (κ1) is 16.3. The zero-order valence-corrected chi connectivity index (χ0v) is 13.7. The Labute approximate surface area is 128 Å². The van der Waals surface area contributed by atoms with Gasteiger partial charge in [0, 0.05) is 31.7 Å². The van der Waals surface area contributed by atoms with Crippen molar-refractivity contribution in [1.29, 1.82) is 0 Å². The van der Waals surface area contributed by atoms with Gasteiger partial charge in [-0.05, 0) is 45.5 Å². The van der Waals surface area contributed by atoms with Gasteiger partial charge in [0.15, 0.2) is 0 Å². The van der Waals surface area contributed by atoms with Gasteiger partial charge < -0.3 is 9.84 Å². The van der Waals surface area contributed by atoms with E-state index in [4.69, 9.17) is 4.74 Å². The number of ether oxygens (including phenoxy) is 1. The van der Waals surface area contributed by atoms with E-state index in [0.29, 0.717) is 13.2 Å². The monoisotopic (exact) mass is 292 g/mol. The number of β-amino-alcohol motifs (C(OH)–C–C–N with tert-alkyl or cyclic N) is 1. The maximum atomic E-state index is 10.4. The van der Waals surface area contributed by atoms with E-state index >= 15 is 0 Å². The van der Waals surface area contributed by atoms with Gasteiger partial charge in [-0.15, -0.1) is 0 Å². The van der Waals surface area contributed by atoms with Crippen molar-refractivity contribution in [1.82, 2.24) is 9.80 Å². The molecule has 21 heavy (non-hydrogen) atoms. The average Bonchev–Trinajstić information content (AvgIpc) is 2.44. The Hall–Kier alpha value is -1.10. The van der Waals surface area contributed by atoms with Crippen LogP contribution in [0.25, 0.3) is 0 Å². The summed E-state index contributed by atoms with van der Waals surface area (Å²) in [7, 11) is 2.17. The molecular formula is C17H28N2O2. The maximum Gasteiger partial charge on any atom is 0.119 e. The van der Waals surface area contributed by atoms with E-state index < -0.39 is 6.10 Å². The van der Waals surface area contributed by atoms with Crippen molar-refractivity contribution in [2.24, 2.45) is 0 Å². The number of hydrogen-bond donors (Lipinski definition) is 1. The van der Waals surface area contributed by atoms with Crippen LogP contribution in [0, 0.1) is 0 Å². The number of hydrogen-bond acceptors (Lipinski definition) is 4. The molecule has 1 aromatic rings. The molecule has 1 saturated heterocycles. The standard InChI is InChI=1S/C17H28N2O2/c1-5-21-15-8-6-14(7-9-15)16(20)12-19-11-10-18(4)17(2,3)13-19/h6-9,16,20H,5,10-13H2,1-4H3. The zero-order valence-electron chi connectivity index (χ0n) is 13.7. The molecule has 0 aliphatic carbocycles. The fraction of sp³-hybridized carbons (Fsp3) is 0.647. The Morgan fingerprint density at radius 1 is 1.24 bits per heavy atom. The molecule has 1 fully saturated rings. The normalized spacial score (nSPS) is 21.2. The fourth-order valence-electron chi connectivity index (χ4n) is 2.80. The molecule has 0 bridgehead atoms. The summed E-state index contributed by atoms with van der Waals surface area (Å²) in [5.41, 5.74) is 1.12. The molecule has 0 saturated carbocycles. The van der Waals surface area contributed by atoms with Crippen LogP contribution >= 0.6 is 0 Å². The van der Waals surface area contributed by atoms with E-state index in [9.17, 15) is 5.11 Å². The van der Waals surface area contributed by atoms with E-state index in [1.54, 1.807) is 0 Å². The molecule has 1 N–H and O–H groups in total. The highest BCUT2D eigenvalue weighted by Gasteiger charge is 2.31. The van der Waals surface area contributed by atoms with Gasteiger partial charge in [0.05, 0.1) is 12.7 Å². The minimum absolute atomic E-state index is 0.163. The van der Waals surface area contributed by atoms with Crippen LogP contribution in [-0.4, -0.2) is 60.3 Å². The van der Waals surface area contributed by atoms with Crippen molar-refractivity contribution in [2.75, 3.05) is 39.8 Å². The summed E-state index contributed by atoms with van der Waals surface area (Å²) in [6.07, 6.45) is -0.445. The maximum absolute atomic E-state index is 10.4. The van der Waals surface area contributed by atoms with Gasteiger partial charge in [0.2, 0.25) is 0 Å². The minimum Gasteiger partial charge on any atom is -0.494 e. The molecule has 4 nitrogen and oxygen atoms in total. The lowest BCUT2D eigenvalue weighted by Gasteiger charge is -2.45.